The van der Waals surface area contributed by atoms with Crippen molar-refractivity contribution < 1.29 is 19.5 Å². The van der Waals surface area contributed by atoms with Crippen LogP contribution in [0.15, 0.2) is 0 Å². The zero-order valence-corrected chi connectivity index (χ0v) is 11.5. The molecule has 0 radical (unpaired) electrons. The van der Waals surface area contributed by atoms with Crippen molar-refractivity contribution in [3.8, 4) is 0 Å². The number of carboxylic acid groups (broad SMARTS) is 1. The lowest BCUT2D eigenvalue weighted by Gasteiger charge is -2.43. The van der Waals surface area contributed by atoms with Crippen LogP contribution in [0, 0.1) is 11.3 Å². The molecule has 3 amide bonds. The van der Waals surface area contributed by atoms with E-state index < -0.39 is 24.1 Å². The van der Waals surface area contributed by atoms with Gasteiger partial charge in [0.15, 0.2) is 0 Å². The summed E-state index contributed by atoms with van der Waals surface area (Å²) in [5.74, 6) is -1.25. The number of imide groups is 1. The molecule has 0 aromatic rings. The molecule has 6 nitrogen and oxygen atoms in total. The monoisotopic (exact) mass is 268 g/mol. The summed E-state index contributed by atoms with van der Waals surface area (Å²) < 4.78 is 0. The second-order valence-corrected chi connectivity index (χ2v) is 6.65. The first-order valence-electron chi connectivity index (χ1n) is 6.51. The fraction of sp³-hybridized carbons (Fsp3) is 0.769. The maximum Gasteiger partial charge on any atom is 0.325 e. The van der Waals surface area contributed by atoms with Gasteiger partial charge in [0, 0.05) is 0 Å². The molecule has 2 fully saturated rings. The average molecular weight is 268 g/mol. The second kappa shape index (κ2) is 4.21. The molecule has 0 aromatic heterocycles. The molecule has 2 aliphatic rings. The van der Waals surface area contributed by atoms with Gasteiger partial charge in [-0.1, -0.05) is 20.8 Å². The summed E-state index contributed by atoms with van der Waals surface area (Å²) in [6.07, 6.45) is 2.14. The normalized spacial score (nSPS) is 33.6. The Hall–Kier alpha value is -1.59. The molecule has 1 aliphatic carbocycles. The summed E-state index contributed by atoms with van der Waals surface area (Å²) >= 11 is 0. The first-order valence-corrected chi connectivity index (χ1v) is 6.51. The quantitative estimate of drug-likeness (QED) is 0.737. The van der Waals surface area contributed by atoms with Crippen LogP contribution in [0.1, 0.15) is 40.0 Å². The Kier molecular flexibility index (Phi) is 3.07. The Morgan fingerprint density at radius 3 is 2.58 bits per heavy atom. The maximum atomic E-state index is 12.4. The second-order valence-electron chi connectivity index (χ2n) is 6.65. The lowest BCUT2D eigenvalue weighted by Crippen LogP contribution is -2.54. The van der Waals surface area contributed by atoms with Crippen LogP contribution in [-0.4, -0.2) is 40.0 Å². The number of carboxylic acids is 1. The molecule has 0 aromatic carbocycles. The number of aliphatic carboxylic acids is 1. The Labute approximate surface area is 112 Å². The number of hydrogen-bond acceptors (Lipinski definition) is 3. The van der Waals surface area contributed by atoms with E-state index in [1.165, 1.54) is 0 Å². The molecule has 1 saturated carbocycles. The first kappa shape index (κ1) is 13.8. The Morgan fingerprint density at radius 1 is 1.42 bits per heavy atom. The van der Waals surface area contributed by atoms with Gasteiger partial charge in [0.1, 0.15) is 12.1 Å². The van der Waals surface area contributed by atoms with E-state index in [0.717, 1.165) is 11.3 Å². The van der Waals surface area contributed by atoms with Crippen LogP contribution in [0.5, 0.6) is 0 Å². The molecular weight excluding hydrogens is 248 g/mol. The highest BCUT2D eigenvalue weighted by Gasteiger charge is 2.56. The highest BCUT2D eigenvalue weighted by atomic mass is 16.4. The summed E-state index contributed by atoms with van der Waals surface area (Å²) in [5.41, 5.74) is -0.951. The molecule has 0 bridgehead atoms. The molecule has 1 spiro atoms. The summed E-state index contributed by atoms with van der Waals surface area (Å²) in [5, 5.41) is 11.5. The molecule has 0 unspecified atom stereocenters. The van der Waals surface area contributed by atoms with E-state index in [1.807, 2.05) is 0 Å². The van der Waals surface area contributed by atoms with Crippen molar-refractivity contribution in [1.82, 2.24) is 10.2 Å². The van der Waals surface area contributed by atoms with Crippen molar-refractivity contribution in [2.75, 3.05) is 6.54 Å². The van der Waals surface area contributed by atoms with Crippen LogP contribution >= 0.6 is 0 Å². The topological polar surface area (TPSA) is 86.7 Å². The van der Waals surface area contributed by atoms with Crippen LogP contribution in [0.25, 0.3) is 0 Å². The molecule has 1 aliphatic heterocycles. The van der Waals surface area contributed by atoms with Crippen LogP contribution in [0.4, 0.5) is 4.79 Å². The molecule has 2 atom stereocenters. The highest BCUT2D eigenvalue weighted by molar-refractivity contribution is 6.08. The molecule has 2 N–H and O–H groups in total. The van der Waals surface area contributed by atoms with E-state index in [-0.39, 0.29) is 11.3 Å². The Morgan fingerprint density at radius 2 is 2.05 bits per heavy atom. The van der Waals surface area contributed by atoms with Gasteiger partial charge in [-0.2, -0.15) is 0 Å². The van der Waals surface area contributed by atoms with Crippen molar-refractivity contribution in [3.05, 3.63) is 0 Å². The lowest BCUT2D eigenvalue weighted by molar-refractivity contribution is -0.144. The lowest BCUT2D eigenvalue weighted by atomic mass is 9.64. The molecule has 19 heavy (non-hydrogen) atoms. The van der Waals surface area contributed by atoms with Gasteiger partial charge < -0.3 is 10.4 Å². The van der Waals surface area contributed by atoms with Gasteiger partial charge in [-0.25, -0.2) is 4.79 Å². The van der Waals surface area contributed by atoms with Crippen LogP contribution in [0.3, 0.4) is 0 Å². The predicted octanol–water partition coefficient (Wildman–Crippen LogP) is 1.21. The minimum Gasteiger partial charge on any atom is -0.480 e. The van der Waals surface area contributed by atoms with Crippen molar-refractivity contribution in [3.63, 3.8) is 0 Å². The number of nitrogens with zero attached hydrogens (tertiary/aromatic N) is 1. The van der Waals surface area contributed by atoms with Gasteiger partial charge in [0.05, 0.1) is 0 Å². The number of amides is 3. The minimum atomic E-state index is -1.18. The average Bonchev–Trinajstić information content (AvgIpc) is 2.38. The number of rotatable bonds is 2. The minimum absolute atomic E-state index is 0.0418. The first-order chi connectivity index (χ1) is 8.65. The maximum absolute atomic E-state index is 12.4. The fourth-order valence-electron chi connectivity index (χ4n) is 3.78. The number of urea groups is 1. The van der Waals surface area contributed by atoms with E-state index in [1.54, 1.807) is 0 Å². The largest absolute Gasteiger partial charge is 0.480 e. The SMILES string of the molecule is C[C@H]1CC(C)(C)C[C@]2(C1)NC(=O)N(CC(=O)O)C2=O. The fourth-order valence-corrected chi connectivity index (χ4v) is 3.78. The van der Waals surface area contributed by atoms with Crippen molar-refractivity contribution in [1.29, 1.82) is 0 Å². The van der Waals surface area contributed by atoms with Crippen molar-refractivity contribution in [2.24, 2.45) is 11.3 Å². The van der Waals surface area contributed by atoms with Crippen LogP contribution in [0.2, 0.25) is 0 Å². The standard InChI is InChI=1S/C13H20N2O4/c1-8-4-12(2,3)7-13(5-8)10(18)15(6-9(16)17)11(19)14-13/h8H,4-7H2,1-3H3,(H,14,19)(H,16,17)/t8-,13-/m0/s1. The zero-order valence-electron chi connectivity index (χ0n) is 11.5. The van der Waals surface area contributed by atoms with Crippen molar-refractivity contribution in [2.45, 2.75) is 45.6 Å². The summed E-state index contributed by atoms with van der Waals surface area (Å²) in [4.78, 5) is 35.8. The number of carbonyl (C=O) groups is 3. The third kappa shape index (κ3) is 2.43. The van der Waals surface area contributed by atoms with E-state index in [9.17, 15) is 14.4 Å². The summed E-state index contributed by atoms with van der Waals surface area (Å²) in [7, 11) is 0. The van der Waals surface area contributed by atoms with E-state index in [2.05, 4.69) is 26.1 Å². The van der Waals surface area contributed by atoms with E-state index >= 15 is 0 Å². The smallest absolute Gasteiger partial charge is 0.325 e. The molecular formula is C13H20N2O4. The summed E-state index contributed by atoms with van der Waals surface area (Å²) in [6, 6.07) is -0.586. The third-order valence-electron chi connectivity index (χ3n) is 3.92. The molecule has 1 heterocycles. The van der Waals surface area contributed by atoms with Gasteiger partial charge >= 0.3 is 12.0 Å². The van der Waals surface area contributed by atoms with Gasteiger partial charge in [0.2, 0.25) is 0 Å². The van der Waals surface area contributed by atoms with Gasteiger partial charge in [0.25, 0.3) is 5.91 Å². The predicted molar refractivity (Wildman–Crippen MR) is 67.4 cm³/mol. The highest BCUT2D eigenvalue weighted by Crippen LogP contribution is 2.46. The third-order valence-corrected chi connectivity index (χ3v) is 3.92. The summed E-state index contributed by atoms with van der Waals surface area (Å²) in [6.45, 7) is 5.64. The molecule has 6 heteroatoms. The number of carbonyl (C=O) groups excluding carboxylic acids is 2. The van der Waals surface area contributed by atoms with Crippen molar-refractivity contribution >= 4 is 17.9 Å². The Bertz CT molecular complexity index is 446. The van der Waals surface area contributed by atoms with E-state index in [0.29, 0.717) is 18.8 Å². The van der Waals surface area contributed by atoms with Crippen LogP contribution in [-0.2, 0) is 9.59 Å². The van der Waals surface area contributed by atoms with Gasteiger partial charge in [-0.05, 0) is 30.6 Å². The number of hydrogen-bond donors (Lipinski definition) is 2. The van der Waals surface area contributed by atoms with E-state index in [4.69, 9.17) is 5.11 Å². The zero-order chi connectivity index (χ0) is 14.4. The molecule has 106 valence electrons. The van der Waals surface area contributed by atoms with Gasteiger partial charge in [-0.3, -0.25) is 14.5 Å². The van der Waals surface area contributed by atoms with Gasteiger partial charge in [-0.15, -0.1) is 0 Å². The molecule has 2 rings (SSSR count). The number of nitrogens with one attached hydrogen (secondary N) is 1. The van der Waals surface area contributed by atoms with Crippen LogP contribution < -0.4 is 5.32 Å². The molecule has 1 saturated heterocycles. The Balaban J connectivity index is 2.28.